The smallest absolute Gasteiger partial charge is 0.169 e. The van der Waals surface area contributed by atoms with Crippen LogP contribution in [0.15, 0.2) is 12.4 Å². The maximum atomic E-state index is 12.2. The molecule has 2 saturated carbocycles. The molecule has 0 amide bonds. The molecule has 2 atom stereocenters. The highest BCUT2D eigenvalue weighted by Gasteiger charge is 2.56. The number of rotatable bonds is 4. The molecular weight excluding hydrogens is 200 g/mol. The van der Waals surface area contributed by atoms with Crippen molar-refractivity contribution in [2.45, 2.75) is 39.2 Å². The summed E-state index contributed by atoms with van der Waals surface area (Å²) in [6.07, 6.45) is 8.58. The van der Waals surface area contributed by atoms with Crippen LogP contribution < -0.4 is 0 Å². The molecule has 86 valence electrons. The van der Waals surface area contributed by atoms with Crippen molar-refractivity contribution >= 4 is 5.78 Å². The Morgan fingerprint density at radius 1 is 1.50 bits per heavy atom. The van der Waals surface area contributed by atoms with Crippen molar-refractivity contribution in [3.8, 4) is 0 Å². The molecule has 0 bridgehead atoms. The lowest BCUT2D eigenvalue weighted by Crippen LogP contribution is -2.05. The average Bonchev–Trinajstić information content (AvgIpc) is 2.73. The highest BCUT2D eigenvalue weighted by molar-refractivity contribution is 5.99. The molecule has 0 aromatic carbocycles. The third kappa shape index (κ3) is 1.49. The predicted molar refractivity (Wildman–Crippen MR) is 61.2 cm³/mol. The summed E-state index contributed by atoms with van der Waals surface area (Å²) in [5.41, 5.74) is 0.827. The average molecular weight is 218 g/mol. The maximum absolute atomic E-state index is 12.2. The molecule has 3 nitrogen and oxygen atoms in total. The highest BCUT2D eigenvalue weighted by Crippen LogP contribution is 2.58. The molecule has 0 N–H and O–H groups in total. The summed E-state index contributed by atoms with van der Waals surface area (Å²) in [4.78, 5) is 12.2. The normalized spacial score (nSPS) is 31.4. The highest BCUT2D eigenvalue weighted by atomic mass is 16.1. The second-order valence-electron chi connectivity index (χ2n) is 5.14. The number of carbonyl (C=O) groups excluding carboxylic acids is 1. The van der Waals surface area contributed by atoms with Gasteiger partial charge in [0.2, 0.25) is 0 Å². The van der Waals surface area contributed by atoms with Gasteiger partial charge in [0.25, 0.3) is 0 Å². The molecular formula is C13H18N2O. The minimum atomic E-state index is 0.341. The fourth-order valence-corrected chi connectivity index (χ4v) is 3.25. The Morgan fingerprint density at radius 2 is 2.25 bits per heavy atom. The number of nitrogens with zero attached hydrogens (tertiary/aromatic N) is 2. The van der Waals surface area contributed by atoms with Crippen LogP contribution in [-0.4, -0.2) is 15.6 Å². The summed E-state index contributed by atoms with van der Waals surface area (Å²) in [7, 11) is 0. The van der Waals surface area contributed by atoms with Crippen molar-refractivity contribution in [2.24, 2.45) is 17.8 Å². The largest absolute Gasteiger partial charge is 0.294 e. The van der Waals surface area contributed by atoms with Gasteiger partial charge in [-0.1, -0.05) is 13.3 Å². The van der Waals surface area contributed by atoms with E-state index in [1.807, 2.05) is 10.9 Å². The molecule has 1 heterocycles. The number of ketones is 1. The van der Waals surface area contributed by atoms with Crippen LogP contribution >= 0.6 is 0 Å². The number of Topliss-reactive ketones (excluding diaryl/α,β-unsaturated/α-hetero) is 1. The van der Waals surface area contributed by atoms with Gasteiger partial charge in [-0.05, 0) is 31.1 Å². The van der Waals surface area contributed by atoms with Gasteiger partial charge in [0, 0.05) is 18.7 Å². The van der Waals surface area contributed by atoms with Crippen LogP contribution in [0.25, 0.3) is 0 Å². The van der Waals surface area contributed by atoms with Crippen LogP contribution in [0.3, 0.4) is 0 Å². The van der Waals surface area contributed by atoms with Gasteiger partial charge in [-0.15, -0.1) is 0 Å². The number of fused-ring (bicyclic) bond motifs is 1. The summed E-state index contributed by atoms with van der Waals surface area (Å²) in [6.45, 7) is 3.03. The zero-order valence-corrected chi connectivity index (χ0v) is 9.72. The maximum Gasteiger partial charge on any atom is 0.169 e. The molecule has 1 aromatic rings. The van der Waals surface area contributed by atoms with Crippen LogP contribution in [0.2, 0.25) is 0 Å². The van der Waals surface area contributed by atoms with Gasteiger partial charge in [-0.25, -0.2) is 0 Å². The Hall–Kier alpha value is -1.12. The van der Waals surface area contributed by atoms with Gasteiger partial charge in [-0.2, -0.15) is 5.10 Å². The molecule has 1 aromatic heterocycles. The van der Waals surface area contributed by atoms with E-state index in [-0.39, 0.29) is 0 Å². The van der Waals surface area contributed by atoms with Crippen molar-refractivity contribution in [1.29, 1.82) is 0 Å². The van der Waals surface area contributed by atoms with Crippen LogP contribution in [0.5, 0.6) is 0 Å². The lowest BCUT2D eigenvalue weighted by Gasteiger charge is -1.99. The van der Waals surface area contributed by atoms with Crippen LogP contribution in [0.4, 0.5) is 0 Å². The summed E-state index contributed by atoms with van der Waals surface area (Å²) >= 11 is 0. The van der Waals surface area contributed by atoms with E-state index < -0.39 is 0 Å². The first kappa shape index (κ1) is 10.1. The van der Waals surface area contributed by atoms with Crippen molar-refractivity contribution in [1.82, 2.24) is 9.78 Å². The third-order valence-electron chi connectivity index (χ3n) is 4.08. The number of hydrogen-bond acceptors (Lipinski definition) is 2. The first-order chi connectivity index (χ1) is 7.81. The Kier molecular flexibility index (Phi) is 2.34. The van der Waals surface area contributed by atoms with E-state index in [1.165, 1.54) is 19.3 Å². The minimum Gasteiger partial charge on any atom is -0.294 e. The number of aromatic nitrogens is 2. The fraction of sp³-hybridized carbons (Fsp3) is 0.692. The van der Waals surface area contributed by atoms with Gasteiger partial charge in [-0.3, -0.25) is 9.48 Å². The Morgan fingerprint density at radius 3 is 2.94 bits per heavy atom. The molecule has 2 aliphatic carbocycles. The van der Waals surface area contributed by atoms with E-state index in [1.54, 1.807) is 6.20 Å². The van der Waals surface area contributed by atoms with Crippen molar-refractivity contribution in [2.75, 3.05) is 0 Å². The predicted octanol–water partition coefficient (Wildman–Crippen LogP) is 2.52. The Bertz CT molecular complexity index is 400. The second-order valence-corrected chi connectivity index (χ2v) is 5.14. The fourth-order valence-electron chi connectivity index (χ4n) is 3.25. The first-order valence-corrected chi connectivity index (χ1v) is 6.38. The van der Waals surface area contributed by atoms with E-state index in [4.69, 9.17) is 0 Å². The van der Waals surface area contributed by atoms with Crippen molar-refractivity contribution in [3.63, 3.8) is 0 Å². The summed E-state index contributed by atoms with van der Waals surface area (Å²) in [5.74, 6) is 2.11. The zero-order valence-electron chi connectivity index (χ0n) is 9.72. The second kappa shape index (κ2) is 3.72. The lowest BCUT2D eigenvalue weighted by molar-refractivity contribution is 0.0951. The number of carbonyl (C=O) groups is 1. The Balaban J connectivity index is 1.70. The SMILES string of the molecule is CCCn1cc(C(=O)C2C3CCCC32)cn1. The summed E-state index contributed by atoms with van der Waals surface area (Å²) in [5, 5.41) is 4.23. The standard InChI is InChI=1S/C13H18N2O/c1-2-6-15-8-9(7-14-15)13(16)12-10-4-3-5-11(10)12/h7-8,10-12H,2-6H2,1H3. The zero-order chi connectivity index (χ0) is 11.1. The van der Waals surface area contributed by atoms with Gasteiger partial charge in [0.15, 0.2) is 5.78 Å². The summed E-state index contributed by atoms with van der Waals surface area (Å²) in [6, 6.07) is 0. The van der Waals surface area contributed by atoms with Crippen LogP contribution in [0.1, 0.15) is 43.0 Å². The van der Waals surface area contributed by atoms with Crippen LogP contribution in [0, 0.1) is 17.8 Å². The van der Waals surface area contributed by atoms with E-state index in [9.17, 15) is 4.79 Å². The summed E-state index contributed by atoms with van der Waals surface area (Å²) < 4.78 is 1.88. The van der Waals surface area contributed by atoms with Crippen molar-refractivity contribution in [3.05, 3.63) is 18.0 Å². The molecule has 0 aliphatic heterocycles. The molecule has 2 unspecified atom stereocenters. The van der Waals surface area contributed by atoms with E-state index in [2.05, 4.69) is 12.0 Å². The van der Waals surface area contributed by atoms with Gasteiger partial charge in [0.05, 0.1) is 11.8 Å². The molecule has 2 aliphatic rings. The molecule has 16 heavy (non-hydrogen) atoms. The molecule has 3 rings (SSSR count). The van der Waals surface area contributed by atoms with E-state index >= 15 is 0 Å². The molecule has 0 spiro atoms. The first-order valence-electron chi connectivity index (χ1n) is 6.38. The van der Waals surface area contributed by atoms with Gasteiger partial charge < -0.3 is 0 Å². The topological polar surface area (TPSA) is 34.9 Å². The molecule has 3 heteroatoms. The molecule has 2 fully saturated rings. The van der Waals surface area contributed by atoms with Crippen molar-refractivity contribution < 1.29 is 4.79 Å². The molecule has 0 radical (unpaired) electrons. The lowest BCUT2D eigenvalue weighted by atomic mass is 10.0. The van der Waals surface area contributed by atoms with E-state index in [0.717, 1.165) is 18.5 Å². The van der Waals surface area contributed by atoms with Gasteiger partial charge in [0.1, 0.15) is 0 Å². The number of hydrogen-bond donors (Lipinski definition) is 0. The minimum absolute atomic E-state index is 0.341. The molecule has 0 saturated heterocycles. The van der Waals surface area contributed by atoms with Gasteiger partial charge >= 0.3 is 0 Å². The Labute approximate surface area is 95.8 Å². The quantitative estimate of drug-likeness (QED) is 0.728. The monoisotopic (exact) mass is 218 g/mol. The van der Waals surface area contributed by atoms with E-state index in [0.29, 0.717) is 23.5 Å². The third-order valence-corrected chi connectivity index (χ3v) is 4.08. The number of aryl methyl sites for hydroxylation is 1. The van der Waals surface area contributed by atoms with Crippen LogP contribution in [-0.2, 0) is 6.54 Å².